The predicted molar refractivity (Wildman–Crippen MR) is 104 cm³/mol. The van der Waals surface area contributed by atoms with E-state index in [1.807, 2.05) is 32.0 Å². The second-order valence-corrected chi connectivity index (χ2v) is 8.07. The lowest BCUT2D eigenvalue weighted by Gasteiger charge is -2.25. The number of para-hydroxylation sites is 1. The highest BCUT2D eigenvalue weighted by atomic mass is 16.5. The van der Waals surface area contributed by atoms with Crippen LogP contribution in [0.5, 0.6) is 5.75 Å². The third-order valence-electron chi connectivity index (χ3n) is 4.85. The van der Waals surface area contributed by atoms with Crippen LogP contribution in [0.15, 0.2) is 24.3 Å². The summed E-state index contributed by atoms with van der Waals surface area (Å²) in [4.78, 5) is 14.5. The lowest BCUT2D eigenvalue weighted by Crippen LogP contribution is -2.39. The highest BCUT2D eigenvalue weighted by molar-refractivity contribution is 5.76. The molecule has 146 valence electrons. The van der Waals surface area contributed by atoms with Gasteiger partial charge >= 0.3 is 0 Å². The van der Waals surface area contributed by atoms with Crippen LogP contribution in [-0.4, -0.2) is 48.3 Å². The maximum Gasteiger partial charge on any atom is 0.221 e. The Morgan fingerprint density at radius 3 is 2.88 bits per heavy atom. The van der Waals surface area contributed by atoms with Crippen LogP contribution < -0.4 is 10.1 Å². The molecule has 1 aromatic carbocycles. The second kappa shape index (κ2) is 9.93. The molecular formula is C21H34N2O3. The molecule has 1 aliphatic rings. The standard InChI is InChI=1S/C21H34N2O3/c1-4-5-9-18-14-23(13-17-8-6-7-10-19(17)26-18)12-11-20(25)22-15-21(2,3)16-24/h6-8,10,18,24H,4-5,9,11-16H2,1-3H3,(H,22,25)/t18-/m0/s1. The molecule has 1 aliphatic heterocycles. The second-order valence-electron chi connectivity index (χ2n) is 8.07. The number of nitrogens with one attached hydrogen (secondary N) is 1. The van der Waals surface area contributed by atoms with E-state index < -0.39 is 0 Å². The van der Waals surface area contributed by atoms with Gasteiger partial charge in [0.2, 0.25) is 5.91 Å². The summed E-state index contributed by atoms with van der Waals surface area (Å²) >= 11 is 0. The molecule has 0 radical (unpaired) electrons. The number of amides is 1. The number of aliphatic hydroxyl groups excluding tert-OH is 1. The number of benzene rings is 1. The molecule has 0 aromatic heterocycles. The SMILES string of the molecule is CCCC[C@H]1CN(CCC(=O)NCC(C)(C)CO)Cc2ccccc2O1. The first-order valence-electron chi connectivity index (χ1n) is 9.78. The molecule has 1 aromatic rings. The highest BCUT2D eigenvalue weighted by Gasteiger charge is 2.23. The van der Waals surface area contributed by atoms with E-state index in [9.17, 15) is 9.90 Å². The van der Waals surface area contributed by atoms with Gasteiger partial charge in [0, 0.05) is 50.2 Å². The molecule has 0 aliphatic carbocycles. The topological polar surface area (TPSA) is 61.8 Å². The maximum absolute atomic E-state index is 12.2. The molecule has 0 fully saturated rings. The van der Waals surface area contributed by atoms with Gasteiger partial charge in [-0.3, -0.25) is 9.69 Å². The molecule has 2 N–H and O–H groups in total. The van der Waals surface area contributed by atoms with Crippen LogP contribution >= 0.6 is 0 Å². The van der Waals surface area contributed by atoms with Crippen molar-refractivity contribution >= 4 is 5.91 Å². The molecule has 5 nitrogen and oxygen atoms in total. The van der Waals surface area contributed by atoms with E-state index in [1.165, 1.54) is 5.56 Å². The van der Waals surface area contributed by atoms with Crippen molar-refractivity contribution < 1.29 is 14.6 Å². The number of ether oxygens (including phenoxy) is 1. The molecule has 1 atom stereocenters. The van der Waals surface area contributed by atoms with Gasteiger partial charge in [0.15, 0.2) is 0 Å². The first-order valence-corrected chi connectivity index (χ1v) is 9.78. The Kier molecular flexibility index (Phi) is 7.91. The monoisotopic (exact) mass is 362 g/mol. The zero-order valence-corrected chi connectivity index (χ0v) is 16.5. The Bertz CT molecular complexity index is 574. The van der Waals surface area contributed by atoms with Crippen molar-refractivity contribution in [2.45, 2.75) is 59.1 Å². The largest absolute Gasteiger partial charge is 0.489 e. The summed E-state index contributed by atoms with van der Waals surface area (Å²) in [7, 11) is 0. The molecule has 1 amide bonds. The first-order chi connectivity index (χ1) is 12.4. The van der Waals surface area contributed by atoms with Gasteiger partial charge in [0.05, 0.1) is 0 Å². The third kappa shape index (κ3) is 6.61. The molecule has 26 heavy (non-hydrogen) atoms. The number of hydrogen-bond acceptors (Lipinski definition) is 4. The molecule has 1 heterocycles. The summed E-state index contributed by atoms with van der Waals surface area (Å²) in [6.07, 6.45) is 3.99. The summed E-state index contributed by atoms with van der Waals surface area (Å²) in [5.41, 5.74) is 0.907. The Balaban J connectivity index is 1.91. The van der Waals surface area contributed by atoms with Crippen molar-refractivity contribution in [2.75, 3.05) is 26.2 Å². The fraction of sp³-hybridized carbons (Fsp3) is 0.667. The molecule has 5 heteroatoms. The van der Waals surface area contributed by atoms with Gasteiger partial charge in [0.1, 0.15) is 11.9 Å². The van der Waals surface area contributed by atoms with Gasteiger partial charge in [-0.15, -0.1) is 0 Å². The minimum atomic E-state index is -0.281. The van der Waals surface area contributed by atoms with E-state index in [0.29, 0.717) is 19.5 Å². The summed E-state index contributed by atoms with van der Waals surface area (Å²) in [5, 5.41) is 12.2. The normalized spacial score (nSPS) is 17.9. The van der Waals surface area contributed by atoms with Gasteiger partial charge in [-0.2, -0.15) is 0 Å². The van der Waals surface area contributed by atoms with Gasteiger partial charge < -0.3 is 15.2 Å². The van der Waals surface area contributed by atoms with E-state index in [2.05, 4.69) is 23.2 Å². The van der Waals surface area contributed by atoms with Crippen LogP contribution in [0.1, 0.15) is 52.0 Å². The van der Waals surface area contributed by atoms with Gasteiger partial charge in [-0.1, -0.05) is 45.4 Å². The summed E-state index contributed by atoms with van der Waals surface area (Å²) in [6, 6.07) is 8.20. The Morgan fingerprint density at radius 2 is 2.15 bits per heavy atom. The summed E-state index contributed by atoms with van der Waals surface area (Å²) in [6.45, 7) is 9.01. The minimum Gasteiger partial charge on any atom is -0.489 e. The lowest BCUT2D eigenvalue weighted by molar-refractivity contribution is -0.122. The average Bonchev–Trinajstić information content (AvgIpc) is 2.81. The first kappa shape index (κ1) is 20.7. The van der Waals surface area contributed by atoms with Crippen molar-refractivity contribution in [3.63, 3.8) is 0 Å². The zero-order chi connectivity index (χ0) is 19.0. The number of nitrogens with zero attached hydrogens (tertiary/aromatic N) is 1. The van der Waals surface area contributed by atoms with Crippen LogP contribution in [0.25, 0.3) is 0 Å². The molecule has 2 rings (SSSR count). The van der Waals surface area contributed by atoms with Gasteiger partial charge in [-0.05, 0) is 18.9 Å². The Hall–Kier alpha value is -1.59. The molecular weight excluding hydrogens is 328 g/mol. The van der Waals surface area contributed by atoms with E-state index in [1.54, 1.807) is 0 Å². The van der Waals surface area contributed by atoms with Crippen LogP contribution in [0.4, 0.5) is 0 Å². The van der Waals surface area contributed by atoms with Crippen molar-refractivity contribution in [3.8, 4) is 5.75 Å². The fourth-order valence-electron chi connectivity index (χ4n) is 3.05. The van der Waals surface area contributed by atoms with E-state index in [-0.39, 0.29) is 24.0 Å². The smallest absolute Gasteiger partial charge is 0.221 e. The van der Waals surface area contributed by atoms with E-state index >= 15 is 0 Å². The average molecular weight is 363 g/mol. The number of unbranched alkanes of at least 4 members (excludes halogenated alkanes) is 1. The minimum absolute atomic E-state index is 0.0371. The number of fused-ring (bicyclic) bond motifs is 1. The molecule has 0 saturated carbocycles. The zero-order valence-electron chi connectivity index (χ0n) is 16.5. The number of hydrogen-bond donors (Lipinski definition) is 2. The van der Waals surface area contributed by atoms with Crippen molar-refractivity contribution in [3.05, 3.63) is 29.8 Å². The predicted octanol–water partition coefficient (Wildman–Crippen LogP) is 2.96. The number of carbonyl (C=O) groups is 1. The van der Waals surface area contributed by atoms with Crippen LogP contribution in [-0.2, 0) is 11.3 Å². The Morgan fingerprint density at radius 1 is 1.38 bits per heavy atom. The quantitative estimate of drug-likeness (QED) is 0.709. The van der Waals surface area contributed by atoms with Crippen molar-refractivity contribution in [2.24, 2.45) is 5.41 Å². The van der Waals surface area contributed by atoms with Crippen LogP contribution in [0.3, 0.4) is 0 Å². The molecule has 0 bridgehead atoms. The van der Waals surface area contributed by atoms with Crippen LogP contribution in [0.2, 0.25) is 0 Å². The highest BCUT2D eigenvalue weighted by Crippen LogP contribution is 2.26. The van der Waals surface area contributed by atoms with Crippen molar-refractivity contribution in [1.29, 1.82) is 0 Å². The maximum atomic E-state index is 12.2. The summed E-state index contributed by atoms with van der Waals surface area (Å²) < 4.78 is 6.23. The number of aliphatic hydroxyl groups is 1. The van der Waals surface area contributed by atoms with Gasteiger partial charge in [-0.25, -0.2) is 0 Å². The number of carbonyl (C=O) groups excluding carboxylic acids is 1. The fourth-order valence-corrected chi connectivity index (χ4v) is 3.05. The van der Waals surface area contributed by atoms with Crippen LogP contribution in [0, 0.1) is 5.41 Å². The lowest BCUT2D eigenvalue weighted by atomic mass is 9.95. The molecule has 0 unspecified atom stereocenters. The summed E-state index contributed by atoms with van der Waals surface area (Å²) in [5.74, 6) is 1.01. The number of rotatable bonds is 9. The van der Waals surface area contributed by atoms with E-state index in [0.717, 1.165) is 38.1 Å². The Labute approximate surface area is 157 Å². The molecule has 0 spiro atoms. The molecule has 0 saturated heterocycles. The van der Waals surface area contributed by atoms with Gasteiger partial charge in [0.25, 0.3) is 0 Å². The third-order valence-corrected chi connectivity index (χ3v) is 4.85. The van der Waals surface area contributed by atoms with E-state index in [4.69, 9.17) is 4.74 Å². The van der Waals surface area contributed by atoms with Crippen molar-refractivity contribution in [1.82, 2.24) is 10.2 Å².